The minimum absolute atomic E-state index is 0.116. The number of rotatable bonds is 6. The fourth-order valence-electron chi connectivity index (χ4n) is 2.74. The quantitative estimate of drug-likeness (QED) is 0.540. The molecule has 0 aliphatic rings. The summed E-state index contributed by atoms with van der Waals surface area (Å²) in [6.07, 6.45) is 2.00. The van der Waals surface area contributed by atoms with Gasteiger partial charge < -0.3 is 20.9 Å². The maximum Gasteiger partial charge on any atom is 0.243 e. The van der Waals surface area contributed by atoms with Crippen molar-refractivity contribution in [3.63, 3.8) is 0 Å². The molecular formula is C20H20N4O3. The Kier molecular flexibility index (Phi) is 5.51. The maximum atomic E-state index is 12.1. The van der Waals surface area contributed by atoms with E-state index < -0.39 is 0 Å². The van der Waals surface area contributed by atoms with Crippen LogP contribution in [0.3, 0.4) is 0 Å². The molecule has 0 aliphatic carbocycles. The van der Waals surface area contributed by atoms with Crippen LogP contribution in [0, 0.1) is 0 Å². The van der Waals surface area contributed by atoms with Crippen molar-refractivity contribution in [2.24, 2.45) is 0 Å². The summed E-state index contributed by atoms with van der Waals surface area (Å²) in [6, 6.07) is 14.5. The molecule has 7 heteroatoms. The van der Waals surface area contributed by atoms with Crippen molar-refractivity contribution in [1.29, 1.82) is 0 Å². The Balaban J connectivity index is 1.48. The Hall–Kier alpha value is -3.61. The fourth-order valence-corrected chi connectivity index (χ4v) is 2.74. The fraction of sp³-hybridized carbons (Fsp3) is 0.150. The number of anilines is 2. The number of para-hydroxylation sites is 1. The molecule has 0 unspecified atom stereocenters. The first-order valence-corrected chi connectivity index (χ1v) is 8.50. The first-order valence-electron chi connectivity index (χ1n) is 8.50. The molecule has 0 aliphatic heterocycles. The second-order valence-corrected chi connectivity index (χ2v) is 6.12. The molecule has 0 spiro atoms. The summed E-state index contributed by atoms with van der Waals surface area (Å²) in [6.45, 7) is 1.31. The summed E-state index contributed by atoms with van der Waals surface area (Å²) < 4.78 is 0. The highest BCUT2D eigenvalue weighted by atomic mass is 16.2. The van der Waals surface area contributed by atoms with E-state index >= 15 is 0 Å². The van der Waals surface area contributed by atoms with Gasteiger partial charge in [0.1, 0.15) is 0 Å². The largest absolute Gasteiger partial charge is 0.361 e. The number of aromatic nitrogens is 1. The van der Waals surface area contributed by atoms with E-state index in [9.17, 15) is 14.4 Å². The summed E-state index contributed by atoms with van der Waals surface area (Å²) in [5, 5.41) is 8.96. The van der Waals surface area contributed by atoms with Gasteiger partial charge in [-0.25, -0.2) is 0 Å². The average Bonchev–Trinajstić information content (AvgIpc) is 3.04. The smallest absolute Gasteiger partial charge is 0.243 e. The Morgan fingerprint density at radius 3 is 2.26 bits per heavy atom. The summed E-state index contributed by atoms with van der Waals surface area (Å²) in [5.74, 6) is -0.713. The minimum atomic E-state index is -0.324. The molecule has 3 rings (SSSR count). The van der Waals surface area contributed by atoms with E-state index in [0.29, 0.717) is 11.4 Å². The molecule has 0 saturated carbocycles. The van der Waals surface area contributed by atoms with Crippen molar-refractivity contribution in [1.82, 2.24) is 10.3 Å². The van der Waals surface area contributed by atoms with E-state index in [1.165, 1.54) is 6.92 Å². The lowest BCUT2D eigenvalue weighted by molar-refractivity contribution is -0.123. The zero-order chi connectivity index (χ0) is 19.2. The van der Waals surface area contributed by atoms with Gasteiger partial charge in [-0.2, -0.15) is 0 Å². The van der Waals surface area contributed by atoms with Crippen LogP contribution in [0.4, 0.5) is 11.4 Å². The van der Waals surface area contributed by atoms with E-state index in [4.69, 9.17) is 0 Å². The van der Waals surface area contributed by atoms with Crippen LogP contribution in [0.5, 0.6) is 0 Å². The third kappa shape index (κ3) is 4.94. The van der Waals surface area contributed by atoms with Crippen LogP contribution in [-0.4, -0.2) is 29.3 Å². The molecule has 27 heavy (non-hydrogen) atoms. The van der Waals surface area contributed by atoms with E-state index in [2.05, 4.69) is 20.9 Å². The average molecular weight is 364 g/mol. The van der Waals surface area contributed by atoms with Gasteiger partial charge in [0.05, 0.1) is 13.0 Å². The Bertz CT molecular complexity index is 976. The van der Waals surface area contributed by atoms with E-state index in [-0.39, 0.29) is 30.7 Å². The van der Waals surface area contributed by atoms with Crippen LogP contribution in [0.25, 0.3) is 10.9 Å². The predicted octanol–water partition coefficient (Wildman–Crippen LogP) is 2.42. The molecule has 3 aromatic rings. The first kappa shape index (κ1) is 18.2. The number of nitrogens with one attached hydrogen (secondary N) is 4. The van der Waals surface area contributed by atoms with Crippen LogP contribution in [-0.2, 0) is 20.8 Å². The Morgan fingerprint density at radius 1 is 0.889 bits per heavy atom. The number of H-pyrrole nitrogens is 1. The monoisotopic (exact) mass is 364 g/mol. The number of fused-ring (bicyclic) bond motifs is 1. The number of amides is 3. The van der Waals surface area contributed by atoms with E-state index in [1.807, 2.05) is 24.3 Å². The topological polar surface area (TPSA) is 103 Å². The molecule has 0 saturated heterocycles. The second-order valence-electron chi connectivity index (χ2n) is 6.12. The number of aromatic amines is 1. The van der Waals surface area contributed by atoms with Crippen molar-refractivity contribution in [2.45, 2.75) is 13.3 Å². The normalized spacial score (nSPS) is 10.4. The molecule has 4 N–H and O–H groups in total. The Labute approximate surface area is 156 Å². The van der Waals surface area contributed by atoms with Gasteiger partial charge in [-0.1, -0.05) is 18.2 Å². The molecule has 0 radical (unpaired) electrons. The number of hydrogen-bond acceptors (Lipinski definition) is 3. The summed E-state index contributed by atoms with van der Waals surface area (Å²) in [5.41, 5.74) is 3.09. The van der Waals surface area contributed by atoms with E-state index in [0.717, 1.165) is 16.5 Å². The molecule has 0 fully saturated rings. The zero-order valence-corrected chi connectivity index (χ0v) is 14.8. The van der Waals surface area contributed by atoms with Crippen molar-refractivity contribution in [2.75, 3.05) is 17.2 Å². The molecule has 0 bridgehead atoms. The molecule has 0 atom stereocenters. The first-order chi connectivity index (χ1) is 13.0. The SMILES string of the molecule is CC(=O)Nc1ccc(NC(=O)CNC(=O)Cc2c[nH]c3ccccc23)cc1. The van der Waals surface area contributed by atoms with Crippen molar-refractivity contribution >= 4 is 40.0 Å². The van der Waals surface area contributed by atoms with Gasteiger partial charge in [0, 0.05) is 35.4 Å². The number of carbonyl (C=O) groups excluding carboxylic acids is 3. The minimum Gasteiger partial charge on any atom is -0.361 e. The lowest BCUT2D eigenvalue weighted by atomic mass is 10.1. The predicted molar refractivity (Wildman–Crippen MR) is 104 cm³/mol. The number of hydrogen-bond donors (Lipinski definition) is 4. The van der Waals surface area contributed by atoms with Crippen LogP contribution >= 0.6 is 0 Å². The third-order valence-electron chi connectivity index (χ3n) is 3.96. The second kappa shape index (κ2) is 8.18. The van der Waals surface area contributed by atoms with E-state index in [1.54, 1.807) is 30.5 Å². The van der Waals surface area contributed by atoms with Gasteiger partial charge in [0.25, 0.3) is 0 Å². The lowest BCUT2D eigenvalue weighted by Crippen LogP contribution is -2.33. The van der Waals surface area contributed by atoms with Gasteiger partial charge in [-0.05, 0) is 35.9 Å². The molecule has 2 aromatic carbocycles. The van der Waals surface area contributed by atoms with Gasteiger partial charge in [0.2, 0.25) is 17.7 Å². The van der Waals surface area contributed by atoms with Gasteiger partial charge in [-0.15, -0.1) is 0 Å². The molecule has 7 nitrogen and oxygen atoms in total. The Morgan fingerprint density at radius 2 is 1.56 bits per heavy atom. The summed E-state index contributed by atoms with van der Waals surface area (Å²) in [7, 11) is 0. The maximum absolute atomic E-state index is 12.1. The van der Waals surface area contributed by atoms with Gasteiger partial charge in [-0.3, -0.25) is 14.4 Å². The van der Waals surface area contributed by atoms with Crippen LogP contribution in [0.15, 0.2) is 54.7 Å². The molecule has 1 heterocycles. The van der Waals surface area contributed by atoms with Gasteiger partial charge >= 0.3 is 0 Å². The summed E-state index contributed by atoms with van der Waals surface area (Å²) >= 11 is 0. The van der Waals surface area contributed by atoms with Crippen LogP contribution in [0.2, 0.25) is 0 Å². The number of carbonyl (C=O) groups is 3. The molecule has 138 valence electrons. The molecular weight excluding hydrogens is 344 g/mol. The highest BCUT2D eigenvalue weighted by molar-refractivity contribution is 5.96. The lowest BCUT2D eigenvalue weighted by Gasteiger charge is -2.08. The van der Waals surface area contributed by atoms with Gasteiger partial charge in [0.15, 0.2) is 0 Å². The van der Waals surface area contributed by atoms with Crippen molar-refractivity contribution in [3.05, 3.63) is 60.3 Å². The van der Waals surface area contributed by atoms with Crippen LogP contribution in [0.1, 0.15) is 12.5 Å². The number of benzene rings is 2. The van der Waals surface area contributed by atoms with Crippen LogP contribution < -0.4 is 16.0 Å². The van der Waals surface area contributed by atoms with Crippen molar-refractivity contribution < 1.29 is 14.4 Å². The standard InChI is InChI=1S/C20H20N4O3/c1-13(25)23-15-6-8-16(9-7-15)24-20(27)12-22-19(26)10-14-11-21-18-5-3-2-4-17(14)18/h2-9,11,21H,10,12H2,1H3,(H,22,26)(H,23,25)(H,24,27). The highest BCUT2D eigenvalue weighted by Crippen LogP contribution is 2.18. The highest BCUT2D eigenvalue weighted by Gasteiger charge is 2.10. The third-order valence-corrected chi connectivity index (χ3v) is 3.96. The summed E-state index contributed by atoms with van der Waals surface area (Å²) in [4.78, 5) is 38.2. The zero-order valence-electron chi connectivity index (χ0n) is 14.8. The van der Waals surface area contributed by atoms with Crippen molar-refractivity contribution in [3.8, 4) is 0 Å². The molecule has 1 aromatic heterocycles. The molecule has 3 amide bonds.